The van der Waals surface area contributed by atoms with Crippen LogP contribution in [-0.2, 0) is 4.79 Å². The molecule has 5 nitrogen and oxygen atoms in total. The van der Waals surface area contributed by atoms with E-state index in [4.69, 9.17) is 0 Å². The van der Waals surface area contributed by atoms with Crippen molar-refractivity contribution in [1.82, 2.24) is 0 Å². The maximum Gasteiger partial charge on any atom is 1.00 e. The van der Waals surface area contributed by atoms with Gasteiger partial charge in [0.15, 0.2) is 0 Å². The summed E-state index contributed by atoms with van der Waals surface area (Å²) in [5, 5.41) is 39.9. The van der Waals surface area contributed by atoms with Gasteiger partial charge in [0.2, 0.25) is 0 Å². The van der Waals surface area contributed by atoms with E-state index in [1.54, 1.807) is 0 Å². The minimum absolute atomic E-state index is 0. The van der Waals surface area contributed by atoms with Gasteiger partial charge in [0.1, 0.15) is 0 Å². The van der Waals surface area contributed by atoms with E-state index in [0.29, 0.717) is 19.3 Å². The number of carbonyl (C=O) groups is 1. The summed E-state index contributed by atoms with van der Waals surface area (Å²) in [6.07, 6.45) is 7.87. The van der Waals surface area contributed by atoms with Crippen LogP contribution in [0.15, 0.2) is 0 Å². The molecule has 0 rings (SSSR count). The van der Waals surface area contributed by atoms with Crippen molar-refractivity contribution in [2.45, 2.75) is 109 Å². The Morgan fingerprint density at radius 2 is 1.38 bits per heavy atom. The molecule has 3 N–H and O–H groups in total. The minimum Gasteiger partial charge on any atom is -0.550 e. The Labute approximate surface area is 189 Å². The van der Waals surface area contributed by atoms with Crippen molar-refractivity contribution in [2.24, 2.45) is 0 Å². The summed E-state index contributed by atoms with van der Waals surface area (Å²) in [5.74, 6) is -1.00. The van der Waals surface area contributed by atoms with Crippen LogP contribution in [0.5, 0.6) is 0 Å². The number of aliphatic carboxylic acids is 1. The van der Waals surface area contributed by atoms with Crippen LogP contribution >= 0.6 is 0 Å². The predicted molar refractivity (Wildman–Crippen MR) is 88.7 cm³/mol. The summed E-state index contributed by atoms with van der Waals surface area (Å²) in [6, 6.07) is 0. The molecule has 3 atom stereocenters. The van der Waals surface area contributed by atoms with Gasteiger partial charge in [-0.3, -0.25) is 0 Å². The van der Waals surface area contributed by atoms with Gasteiger partial charge in [-0.05, 0) is 25.7 Å². The van der Waals surface area contributed by atoms with E-state index < -0.39 is 24.3 Å². The van der Waals surface area contributed by atoms with E-state index in [9.17, 15) is 25.2 Å². The molecule has 0 aliphatic rings. The first kappa shape index (κ1) is 27.2. The fourth-order valence-electron chi connectivity index (χ4n) is 2.71. The third-order valence-electron chi connectivity index (χ3n) is 4.23. The topological polar surface area (TPSA) is 101 Å². The van der Waals surface area contributed by atoms with Crippen LogP contribution in [0.25, 0.3) is 0 Å². The average molecular weight is 371 g/mol. The number of aliphatic hydroxyl groups excluding tert-OH is 3. The zero-order valence-corrected chi connectivity index (χ0v) is 18.7. The standard InChI is InChI=1S/C18H36O5.K/c1-2-3-4-8-11-15(19)14-17(21)16(20)12-9-6-5-7-10-13-18(22)23;/h15-17,19-21H,2-14H2,1H3,(H,22,23);/q;+1/p-1. The molecule has 138 valence electrons. The van der Waals surface area contributed by atoms with Crippen molar-refractivity contribution in [2.75, 3.05) is 0 Å². The molecule has 0 spiro atoms. The van der Waals surface area contributed by atoms with E-state index >= 15 is 0 Å². The third kappa shape index (κ3) is 17.8. The van der Waals surface area contributed by atoms with E-state index in [1.807, 2.05) is 0 Å². The number of hydrogen-bond donors (Lipinski definition) is 3. The van der Waals surface area contributed by atoms with Crippen LogP contribution in [0.2, 0.25) is 0 Å². The first-order valence-electron chi connectivity index (χ1n) is 9.21. The Morgan fingerprint density at radius 1 is 0.833 bits per heavy atom. The molecule has 0 aromatic heterocycles. The number of rotatable bonds is 16. The van der Waals surface area contributed by atoms with Crippen molar-refractivity contribution >= 4 is 5.97 Å². The molecule has 0 fully saturated rings. The maximum absolute atomic E-state index is 10.2. The van der Waals surface area contributed by atoms with E-state index in [-0.39, 0.29) is 64.2 Å². The number of aliphatic hydroxyl groups is 3. The molecule has 6 heteroatoms. The van der Waals surface area contributed by atoms with Crippen LogP contribution in [0, 0.1) is 0 Å². The monoisotopic (exact) mass is 370 g/mol. The molecule has 24 heavy (non-hydrogen) atoms. The van der Waals surface area contributed by atoms with Crippen LogP contribution in [-0.4, -0.2) is 39.6 Å². The van der Waals surface area contributed by atoms with Gasteiger partial charge in [0.25, 0.3) is 0 Å². The van der Waals surface area contributed by atoms with Gasteiger partial charge in [-0.2, -0.15) is 0 Å². The molecule has 0 saturated heterocycles. The van der Waals surface area contributed by atoms with E-state index in [1.165, 1.54) is 6.42 Å². The predicted octanol–water partition coefficient (Wildman–Crippen LogP) is -1.09. The number of unbranched alkanes of at least 4 members (excludes halogenated alkanes) is 7. The molecule has 0 amide bonds. The molecule has 0 radical (unpaired) electrons. The second-order valence-corrected chi connectivity index (χ2v) is 6.55. The van der Waals surface area contributed by atoms with Crippen LogP contribution < -0.4 is 56.5 Å². The first-order valence-corrected chi connectivity index (χ1v) is 9.21. The Kier molecular flexibility index (Phi) is 21.3. The van der Waals surface area contributed by atoms with Gasteiger partial charge in [0, 0.05) is 12.4 Å². The molecule has 0 aromatic carbocycles. The zero-order chi connectivity index (χ0) is 17.5. The molecule has 0 aliphatic heterocycles. The summed E-state index contributed by atoms with van der Waals surface area (Å²) in [4.78, 5) is 10.2. The second-order valence-electron chi connectivity index (χ2n) is 6.55. The summed E-state index contributed by atoms with van der Waals surface area (Å²) >= 11 is 0. The van der Waals surface area contributed by atoms with Crippen molar-refractivity contribution in [3.05, 3.63) is 0 Å². The molecular weight excluding hydrogens is 335 g/mol. The summed E-state index contributed by atoms with van der Waals surface area (Å²) < 4.78 is 0. The van der Waals surface area contributed by atoms with Gasteiger partial charge in [-0.15, -0.1) is 0 Å². The number of carboxylic acids is 1. The SMILES string of the molecule is CCCCCCC(O)CC(O)C(O)CCCCCCCC(=O)[O-].[K+]. The normalized spacial score (nSPS) is 14.7. The Bertz CT molecular complexity index is 289. The quantitative estimate of drug-likeness (QED) is 0.237. The van der Waals surface area contributed by atoms with Gasteiger partial charge >= 0.3 is 51.4 Å². The second kappa shape index (κ2) is 18.8. The van der Waals surface area contributed by atoms with Gasteiger partial charge in [0.05, 0.1) is 18.3 Å². The van der Waals surface area contributed by atoms with Crippen molar-refractivity contribution < 1.29 is 76.6 Å². The van der Waals surface area contributed by atoms with Crippen molar-refractivity contribution in [1.29, 1.82) is 0 Å². The van der Waals surface area contributed by atoms with E-state index in [2.05, 4.69) is 6.92 Å². The summed E-state index contributed by atoms with van der Waals surface area (Å²) in [5.41, 5.74) is 0. The van der Waals surface area contributed by atoms with Crippen LogP contribution in [0.1, 0.15) is 90.4 Å². The van der Waals surface area contributed by atoms with Gasteiger partial charge in [-0.1, -0.05) is 58.3 Å². The maximum atomic E-state index is 10.2. The average Bonchev–Trinajstić information content (AvgIpc) is 2.50. The van der Waals surface area contributed by atoms with E-state index in [0.717, 1.165) is 44.9 Å². The molecule has 3 unspecified atom stereocenters. The first-order chi connectivity index (χ1) is 11.0. The molecule has 0 saturated carbocycles. The summed E-state index contributed by atoms with van der Waals surface area (Å²) in [6.45, 7) is 2.14. The Hall–Kier alpha value is 0.986. The molecule has 0 heterocycles. The fraction of sp³-hybridized carbons (Fsp3) is 0.944. The fourth-order valence-corrected chi connectivity index (χ4v) is 2.71. The minimum atomic E-state index is -1.00. The number of carboxylic acid groups (broad SMARTS) is 1. The summed E-state index contributed by atoms with van der Waals surface area (Å²) in [7, 11) is 0. The van der Waals surface area contributed by atoms with Crippen LogP contribution in [0.4, 0.5) is 0 Å². The van der Waals surface area contributed by atoms with Gasteiger partial charge in [-0.25, -0.2) is 0 Å². The smallest absolute Gasteiger partial charge is 0.550 e. The van der Waals surface area contributed by atoms with Gasteiger partial charge < -0.3 is 25.2 Å². The largest absolute Gasteiger partial charge is 1.00 e. The molecule has 0 aromatic rings. The molecular formula is C18H35KO5. The van der Waals surface area contributed by atoms with Crippen molar-refractivity contribution in [3.63, 3.8) is 0 Å². The number of hydrogen-bond acceptors (Lipinski definition) is 5. The Balaban J connectivity index is 0. The Morgan fingerprint density at radius 3 is 2.00 bits per heavy atom. The molecule has 0 aliphatic carbocycles. The van der Waals surface area contributed by atoms with Crippen molar-refractivity contribution in [3.8, 4) is 0 Å². The zero-order valence-electron chi connectivity index (χ0n) is 15.6. The van der Waals surface area contributed by atoms with Crippen LogP contribution in [0.3, 0.4) is 0 Å². The molecule has 0 bridgehead atoms. The third-order valence-corrected chi connectivity index (χ3v) is 4.23. The number of carbonyl (C=O) groups excluding carboxylic acids is 1.